The summed E-state index contributed by atoms with van der Waals surface area (Å²) in [6.07, 6.45) is -0.866. The Bertz CT molecular complexity index is 594. The molecule has 0 radical (unpaired) electrons. The van der Waals surface area contributed by atoms with Crippen LogP contribution in [-0.2, 0) is 23.4 Å². The molecule has 10 heteroatoms. The van der Waals surface area contributed by atoms with Gasteiger partial charge >= 0.3 is 11.9 Å². The van der Waals surface area contributed by atoms with Gasteiger partial charge in [-0.05, 0) is 23.7 Å². The third-order valence-corrected chi connectivity index (χ3v) is 8.62. The highest BCUT2D eigenvalue weighted by Gasteiger charge is 2.85. The van der Waals surface area contributed by atoms with E-state index < -0.39 is 46.0 Å². The minimum atomic E-state index is -4.60. The molecular weight excluding hydrogens is 459 g/mol. The zero-order chi connectivity index (χ0) is 17.5. The molecule has 10 atom stereocenters. The van der Waals surface area contributed by atoms with Gasteiger partial charge in [-0.2, -0.15) is 14.0 Å². The van der Waals surface area contributed by atoms with Crippen molar-refractivity contribution in [3.05, 3.63) is 0 Å². The van der Waals surface area contributed by atoms with Crippen LogP contribution in [0.15, 0.2) is 0 Å². The van der Waals surface area contributed by atoms with Gasteiger partial charge in [-0.25, -0.2) is 0 Å². The van der Waals surface area contributed by atoms with E-state index in [1.54, 1.807) is 0 Å². The number of methoxy groups -OCH3 is 2. The fourth-order valence-electron chi connectivity index (χ4n) is 6.20. The van der Waals surface area contributed by atoms with Gasteiger partial charge in [-0.1, -0.05) is 22.6 Å². The van der Waals surface area contributed by atoms with Gasteiger partial charge in [0.15, 0.2) is 0 Å². The molecule has 0 amide bonds. The molecule has 0 spiro atoms. The van der Waals surface area contributed by atoms with Gasteiger partial charge in [0.05, 0.1) is 40.6 Å². The third-order valence-electron chi connectivity index (χ3n) is 6.54. The molecule has 0 heterocycles. The van der Waals surface area contributed by atoms with Crippen LogP contribution in [0, 0.1) is 57.6 Å². The van der Waals surface area contributed by atoms with Gasteiger partial charge in [0.1, 0.15) is 0 Å². The van der Waals surface area contributed by atoms with Crippen molar-refractivity contribution < 1.29 is 47.6 Å². The van der Waals surface area contributed by atoms with Crippen LogP contribution >= 0.6 is 22.6 Å². The summed E-state index contributed by atoms with van der Waals surface area (Å²) in [5.74, 6) is -3.03. The van der Waals surface area contributed by atoms with Gasteiger partial charge in [-0.15, -0.1) is 0 Å². The first-order valence-corrected chi connectivity index (χ1v) is 10.1. The maximum atomic E-state index is 12.4. The van der Waals surface area contributed by atoms with Crippen LogP contribution in [0.2, 0.25) is 0 Å². The van der Waals surface area contributed by atoms with E-state index in [0.29, 0.717) is 0 Å². The smallest absolute Gasteiger partial charge is 0.309 e. The SMILES string of the molecule is COC(=O)C1C(C(=O)OC)C2C3C(I)C4C2C(O[Cl+3]([O-])([O-])[O-])C1C43. The molecule has 5 rings (SSSR count). The Morgan fingerprint density at radius 1 is 0.833 bits per heavy atom. The van der Waals surface area contributed by atoms with Crippen molar-refractivity contribution in [2.45, 2.75) is 10.0 Å². The van der Waals surface area contributed by atoms with Crippen LogP contribution in [0.3, 0.4) is 0 Å². The Morgan fingerprint density at radius 2 is 1.33 bits per heavy atom. The summed E-state index contributed by atoms with van der Waals surface area (Å²) in [7, 11) is -2.11. The number of hydrogen-bond acceptors (Lipinski definition) is 8. The summed E-state index contributed by atoms with van der Waals surface area (Å²) in [6.45, 7) is 0. The first-order valence-electron chi connectivity index (χ1n) is 7.61. The maximum absolute atomic E-state index is 12.4. The van der Waals surface area contributed by atoms with Crippen LogP contribution < -0.4 is 14.0 Å². The number of alkyl halides is 1. The van der Waals surface area contributed by atoms with Crippen molar-refractivity contribution in [3.8, 4) is 0 Å². The normalized spacial score (nSPS) is 50.6. The monoisotopic (exact) mass is 474 g/mol. The highest BCUT2D eigenvalue weighted by Crippen LogP contribution is 2.79. The van der Waals surface area contributed by atoms with E-state index in [2.05, 4.69) is 22.6 Å². The molecule has 0 aromatic carbocycles. The summed E-state index contributed by atoms with van der Waals surface area (Å²) < 4.78 is 48.3. The molecule has 134 valence electrons. The molecule has 8 nitrogen and oxygen atoms in total. The number of esters is 2. The standard InChI is InChI=1S/C14H16ClIO8/c1-22-13(17)9-4-5-3-6(11(5)16)7(4)12(24-15(19,20)21)8(3)10(9)14(18)23-2/h3-12H,1-2H3. The Hall–Kier alpha value is -0.200. The van der Waals surface area contributed by atoms with Gasteiger partial charge in [-0.3, -0.25) is 9.59 Å². The molecule has 0 aromatic heterocycles. The highest BCUT2D eigenvalue weighted by atomic mass is 127. The van der Waals surface area contributed by atoms with E-state index in [1.165, 1.54) is 14.2 Å². The lowest BCUT2D eigenvalue weighted by Crippen LogP contribution is -2.67. The minimum Gasteiger partial charge on any atom is -0.469 e. The fraction of sp³-hybridized carbons (Fsp3) is 0.857. The molecule has 5 aliphatic rings. The lowest BCUT2D eigenvalue weighted by atomic mass is 9.51. The van der Waals surface area contributed by atoms with E-state index >= 15 is 0 Å². The van der Waals surface area contributed by atoms with Gasteiger partial charge in [0.25, 0.3) is 0 Å². The molecule has 0 aromatic rings. The first kappa shape index (κ1) is 17.2. The molecule has 5 fully saturated rings. The van der Waals surface area contributed by atoms with Crippen molar-refractivity contribution in [1.82, 2.24) is 0 Å². The van der Waals surface area contributed by atoms with Crippen LogP contribution in [0.1, 0.15) is 0 Å². The summed E-state index contributed by atoms with van der Waals surface area (Å²) in [4.78, 5) is 24.7. The quantitative estimate of drug-likeness (QED) is 0.246. The average molecular weight is 475 g/mol. The molecule has 5 saturated carbocycles. The second kappa shape index (κ2) is 5.40. The lowest BCUT2D eigenvalue weighted by Gasteiger charge is -2.54. The van der Waals surface area contributed by atoms with Crippen molar-refractivity contribution in [1.29, 1.82) is 0 Å². The molecule has 5 aliphatic carbocycles. The van der Waals surface area contributed by atoms with E-state index in [1.807, 2.05) is 0 Å². The second-order valence-electron chi connectivity index (χ2n) is 6.94. The summed E-state index contributed by atoms with van der Waals surface area (Å²) in [5.41, 5.74) is 0. The van der Waals surface area contributed by atoms with Crippen molar-refractivity contribution >= 4 is 34.5 Å². The molecule has 0 aliphatic heterocycles. The van der Waals surface area contributed by atoms with Crippen molar-refractivity contribution in [2.24, 2.45) is 47.3 Å². The summed E-state index contributed by atoms with van der Waals surface area (Å²) in [5, 5.41) is 0. The first-order chi connectivity index (χ1) is 11.2. The number of rotatable bonds is 4. The van der Waals surface area contributed by atoms with Crippen LogP contribution in [-0.4, -0.2) is 36.2 Å². The van der Waals surface area contributed by atoms with Gasteiger partial charge < -0.3 is 9.47 Å². The predicted octanol–water partition coefficient (Wildman–Crippen LogP) is -2.60. The zero-order valence-corrected chi connectivity index (χ0v) is 15.7. The number of carbonyl (C=O) groups is 2. The van der Waals surface area contributed by atoms with E-state index in [-0.39, 0.29) is 33.5 Å². The van der Waals surface area contributed by atoms with Crippen LogP contribution in [0.4, 0.5) is 0 Å². The number of ether oxygens (including phenoxy) is 2. The largest absolute Gasteiger partial charge is 0.469 e. The van der Waals surface area contributed by atoms with Crippen molar-refractivity contribution in [3.63, 3.8) is 0 Å². The fourth-order valence-corrected chi connectivity index (χ4v) is 8.60. The van der Waals surface area contributed by atoms with Gasteiger partial charge in [0.2, 0.25) is 6.10 Å². The molecule has 24 heavy (non-hydrogen) atoms. The predicted molar refractivity (Wildman–Crippen MR) is 74.6 cm³/mol. The Labute approximate surface area is 153 Å². The lowest BCUT2D eigenvalue weighted by molar-refractivity contribution is -1.92. The molecule has 10 unspecified atom stereocenters. The number of halogens is 2. The molecular formula is C14H16ClIO8. The highest BCUT2D eigenvalue weighted by molar-refractivity contribution is 14.1. The van der Waals surface area contributed by atoms with E-state index in [0.717, 1.165) is 0 Å². The Balaban J connectivity index is 1.76. The Morgan fingerprint density at radius 3 is 1.83 bits per heavy atom. The van der Waals surface area contributed by atoms with Gasteiger partial charge in [0, 0.05) is 15.8 Å². The Kier molecular flexibility index (Phi) is 3.87. The van der Waals surface area contributed by atoms with Crippen LogP contribution in [0.25, 0.3) is 0 Å². The van der Waals surface area contributed by atoms with Crippen LogP contribution in [0.5, 0.6) is 0 Å². The average Bonchev–Trinajstić information content (AvgIpc) is 3.07. The van der Waals surface area contributed by atoms with E-state index in [4.69, 9.17) is 13.8 Å². The summed E-state index contributed by atoms with van der Waals surface area (Å²) in [6, 6.07) is 0. The number of hydrogen-bond donors (Lipinski definition) is 0. The summed E-state index contributed by atoms with van der Waals surface area (Å²) >= 11 is 2.31. The second-order valence-corrected chi connectivity index (χ2v) is 9.31. The number of fused-ring (bicyclic) bond motifs is 1. The van der Waals surface area contributed by atoms with E-state index in [9.17, 15) is 23.6 Å². The topological polar surface area (TPSA) is 131 Å². The molecule has 0 saturated heterocycles. The molecule has 6 bridgehead atoms. The maximum Gasteiger partial charge on any atom is 0.309 e. The zero-order valence-electron chi connectivity index (χ0n) is 12.8. The number of carbonyl (C=O) groups excluding carboxylic acids is 2. The third kappa shape index (κ3) is 1.99. The minimum absolute atomic E-state index is 0.0915. The molecule has 0 N–H and O–H groups in total. The van der Waals surface area contributed by atoms with Crippen molar-refractivity contribution in [2.75, 3.05) is 14.2 Å².